The summed E-state index contributed by atoms with van der Waals surface area (Å²) in [6.45, 7) is 0. The third-order valence-electron chi connectivity index (χ3n) is 7.74. The van der Waals surface area contributed by atoms with Gasteiger partial charge in [-0.3, -0.25) is 0 Å². The molecule has 3 heteroatoms. The highest BCUT2D eigenvalue weighted by Crippen LogP contribution is 2.42. The summed E-state index contributed by atoms with van der Waals surface area (Å²) in [5.41, 5.74) is 9.77. The minimum atomic E-state index is 0.634. The minimum absolute atomic E-state index is 0.634. The zero-order valence-electron chi connectivity index (χ0n) is 21.4. The summed E-state index contributed by atoms with van der Waals surface area (Å²) in [5, 5.41) is 14.8. The van der Waals surface area contributed by atoms with Crippen molar-refractivity contribution in [3.8, 4) is 39.4 Å². The van der Waals surface area contributed by atoms with Gasteiger partial charge in [-0.15, -0.1) is 0 Å². The van der Waals surface area contributed by atoms with Gasteiger partial charge in [-0.25, -0.2) is 0 Å². The van der Waals surface area contributed by atoms with Crippen molar-refractivity contribution in [3.05, 3.63) is 133 Å². The molecule has 0 fully saturated rings. The first-order valence-corrected chi connectivity index (χ1v) is 13.2. The SMILES string of the molecule is N#Cc1c(-c2ccccc2)cc(-c2cccc3oc4ccccc4c23)cc1-c1ccc2c(c1)oc1ccccc12. The van der Waals surface area contributed by atoms with Crippen LogP contribution in [0.2, 0.25) is 0 Å². The van der Waals surface area contributed by atoms with E-state index >= 15 is 0 Å². The van der Waals surface area contributed by atoms with E-state index in [9.17, 15) is 5.26 Å². The van der Waals surface area contributed by atoms with E-state index in [0.717, 1.165) is 77.3 Å². The van der Waals surface area contributed by atoms with Gasteiger partial charge in [-0.05, 0) is 64.7 Å². The Bertz CT molecular complexity index is 2280. The quantitative estimate of drug-likeness (QED) is 0.237. The van der Waals surface area contributed by atoms with Gasteiger partial charge in [-0.1, -0.05) is 84.9 Å². The van der Waals surface area contributed by atoms with Crippen LogP contribution in [0.25, 0.3) is 77.3 Å². The lowest BCUT2D eigenvalue weighted by Crippen LogP contribution is -1.93. The van der Waals surface area contributed by atoms with Crippen LogP contribution in [0.4, 0.5) is 0 Å². The van der Waals surface area contributed by atoms with Crippen LogP contribution in [0.3, 0.4) is 0 Å². The molecule has 0 bridgehead atoms. The van der Waals surface area contributed by atoms with Crippen LogP contribution in [0, 0.1) is 11.3 Å². The van der Waals surface area contributed by atoms with E-state index in [0.29, 0.717) is 5.56 Å². The Kier molecular flexibility index (Phi) is 4.89. The number of rotatable bonds is 3. The third-order valence-corrected chi connectivity index (χ3v) is 7.74. The molecule has 40 heavy (non-hydrogen) atoms. The Morgan fingerprint density at radius 2 is 1.05 bits per heavy atom. The number of para-hydroxylation sites is 2. The van der Waals surface area contributed by atoms with E-state index in [1.54, 1.807) is 0 Å². The summed E-state index contributed by atoms with van der Waals surface area (Å²) in [4.78, 5) is 0. The minimum Gasteiger partial charge on any atom is -0.456 e. The summed E-state index contributed by atoms with van der Waals surface area (Å²) < 4.78 is 12.4. The molecule has 3 nitrogen and oxygen atoms in total. The monoisotopic (exact) mass is 511 g/mol. The molecule has 0 aliphatic heterocycles. The molecule has 0 radical (unpaired) electrons. The van der Waals surface area contributed by atoms with Gasteiger partial charge >= 0.3 is 0 Å². The van der Waals surface area contributed by atoms with Crippen molar-refractivity contribution in [2.24, 2.45) is 0 Å². The van der Waals surface area contributed by atoms with Crippen molar-refractivity contribution >= 4 is 43.9 Å². The summed E-state index contributed by atoms with van der Waals surface area (Å²) in [7, 11) is 0. The van der Waals surface area contributed by atoms with Crippen LogP contribution in [-0.2, 0) is 0 Å². The maximum absolute atomic E-state index is 10.5. The van der Waals surface area contributed by atoms with Crippen LogP contribution in [0.15, 0.2) is 136 Å². The van der Waals surface area contributed by atoms with Crippen molar-refractivity contribution in [1.82, 2.24) is 0 Å². The van der Waals surface area contributed by atoms with Crippen LogP contribution in [0.1, 0.15) is 5.56 Å². The van der Waals surface area contributed by atoms with Crippen molar-refractivity contribution in [3.63, 3.8) is 0 Å². The van der Waals surface area contributed by atoms with Crippen LogP contribution >= 0.6 is 0 Å². The molecule has 0 aliphatic carbocycles. The number of hydrogen-bond donors (Lipinski definition) is 0. The van der Waals surface area contributed by atoms with E-state index in [4.69, 9.17) is 8.83 Å². The molecule has 186 valence electrons. The predicted molar refractivity (Wildman–Crippen MR) is 162 cm³/mol. The number of nitrogens with zero attached hydrogens (tertiary/aromatic N) is 1. The average molecular weight is 512 g/mol. The first kappa shape index (κ1) is 22.4. The van der Waals surface area contributed by atoms with Crippen molar-refractivity contribution < 1.29 is 8.83 Å². The number of fused-ring (bicyclic) bond motifs is 6. The van der Waals surface area contributed by atoms with E-state index in [-0.39, 0.29) is 0 Å². The predicted octanol–water partition coefficient (Wildman–Crippen LogP) is 10.4. The molecule has 2 heterocycles. The molecular weight excluding hydrogens is 490 g/mol. The zero-order chi connectivity index (χ0) is 26.6. The lowest BCUT2D eigenvalue weighted by atomic mass is 9.87. The van der Waals surface area contributed by atoms with Gasteiger partial charge in [0, 0.05) is 32.7 Å². The highest BCUT2D eigenvalue weighted by atomic mass is 16.3. The molecule has 8 rings (SSSR count). The molecule has 0 aliphatic rings. The van der Waals surface area contributed by atoms with E-state index < -0.39 is 0 Å². The van der Waals surface area contributed by atoms with Gasteiger partial charge in [-0.2, -0.15) is 5.26 Å². The second kappa shape index (κ2) is 8.73. The van der Waals surface area contributed by atoms with Crippen LogP contribution in [-0.4, -0.2) is 0 Å². The first-order valence-electron chi connectivity index (χ1n) is 13.2. The number of benzene rings is 6. The van der Waals surface area contributed by atoms with Gasteiger partial charge in [0.1, 0.15) is 28.4 Å². The van der Waals surface area contributed by atoms with Gasteiger partial charge in [0.05, 0.1) is 5.56 Å². The molecule has 0 spiro atoms. The largest absolute Gasteiger partial charge is 0.456 e. The standard InChI is InChI=1S/C37H21NO2/c38-22-32-30(23-9-2-1-3-10-23)19-25(26-13-8-16-35-37(26)29-12-5-7-15-34(29)39-35)20-31(32)24-17-18-28-27-11-4-6-14-33(27)40-36(28)21-24/h1-21H. The molecule has 0 amide bonds. The Morgan fingerprint density at radius 3 is 1.85 bits per heavy atom. The zero-order valence-corrected chi connectivity index (χ0v) is 21.4. The molecule has 0 saturated heterocycles. The molecule has 0 N–H and O–H groups in total. The van der Waals surface area contributed by atoms with E-state index in [1.807, 2.05) is 66.7 Å². The van der Waals surface area contributed by atoms with Crippen molar-refractivity contribution in [2.75, 3.05) is 0 Å². The third kappa shape index (κ3) is 3.37. The molecule has 8 aromatic rings. The number of hydrogen-bond acceptors (Lipinski definition) is 3. The van der Waals surface area contributed by atoms with Crippen LogP contribution < -0.4 is 0 Å². The van der Waals surface area contributed by atoms with E-state index in [1.165, 1.54) is 0 Å². The Labute approximate surface area is 230 Å². The highest BCUT2D eigenvalue weighted by Gasteiger charge is 2.19. The lowest BCUT2D eigenvalue weighted by Gasteiger charge is -2.15. The molecule has 2 aromatic heterocycles. The summed E-state index contributed by atoms with van der Waals surface area (Å²) in [5.74, 6) is 0. The van der Waals surface area contributed by atoms with Crippen LogP contribution in [0.5, 0.6) is 0 Å². The summed E-state index contributed by atoms with van der Waals surface area (Å²) >= 11 is 0. The average Bonchev–Trinajstić information content (AvgIpc) is 3.58. The second-order valence-corrected chi connectivity index (χ2v) is 10.0. The van der Waals surface area contributed by atoms with Crippen molar-refractivity contribution in [1.29, 1.82) is 5.26 Å². The fraction of sp³-hybridized carbons (Fsp3) is 0. The first-order chi connectivity index (χ1) is 19.8. The maximum atomic E-state index is 10.5. The van der Waals surface area contributed by atoms with Gasteiger partial charge in [0.2, 0.25) is 0 Å². The Balaban J connectivity index is 1.44. The van der Waals surface area contributed by atoms with Crippen molar-refractivity contribution in [2.45, 2.75) is 0 Å². The fourth-order valence-corrected chi connectivity index (χ4v) is 5.90. The molecule has 0 unspecified atom stereocenters. The number of nitriles is 1. The highest BCUT2D eigenvalue weighted by molar-refractivity contribution is 6.13. The molecule has 6 aromatic carbocycles. The van der Waals surface area contributed by atoms with Gasteiger partial charge < -0.3 is 8.83 Å². The van der Waals surface area contributed by atoms with Gasteiger partial charge in [0.25, 0.3) is 0 Å². The summed E-state index contributed by atoms with van der Waals surface area (Å²) in [6.07, 6.45) is 0. The Hall–Kier alpha value is -5.59. The summed E-state index contributed by atoms with van der Waals surface area (Å²) in [6, 6.07) is 45.5. The maximum Gasteiger partial charge on any atom is 0.136 e. The molecule has 0 atom stereocenters. The number of furan rings is 2. The molecular formula is C37H21NO2. The smallest absolute Gasteiger partial charge is 0.136 e. The lowest BCUT2D eigenvalue weighted by molar-refractivity contribution is 0.668. The van der Waals surface area contributed by atoms with E-state index in [2.05, 4.69) is 66.7 Å². The van der Waals surface area contributed by atoms with Gasteiger partial charge in [0.15, 0.2) is 0 Å². The second-order valence-electron chi connectivity index (χ2n) is 10.0. The molecule has 0 saturated carbocycles. The fourth-order valence-electron chi connectivity index (χ4n) is 5.90. The topological polar surface area (TPSA) is 50.1 Å². The normalized spacial score (nSPS) is 11.5. The Morgan fingerprint density at radius 1 is 0.425 bits per heavy atom.